The minimum Gasteiger partial charge on any atom is -0.356 e. The Morgan fingerprint density at radius 3 is 2.86 bits per heavy atom. The highest BCUT2D eigenvalue weighted by Crippen LogP contribution is 2.22. The van der Waals surface area contributed by atoms with Gasteiger partial charge in [0.15, 0.2) is 0 Å². The van der Waals surface area contributed by atoms with E-state index in [-0.39, 0.29) is 24.4 Å². The number of hydrogen-bond donors (Lipinski definition) is 2. The van der Waals surface area contributed by atoms with Crippen LogP contribution < -0.4 is 10.6 Å². The van der Waals surface area contributed by atoms with Crippen LogP contribution in [0, 0.1) is 0 Å². The molecule has 0 spiro atoms. The van der Waals surface area contributed by atoms with E-state index in [4.69, 9.17) is 11.6 Å². The van der Waals surface area contributed by atoms with Crippen molar-refractivity contribution in [2.45, 2.75) is 19.3 Å². The molecule has 21 heavy (non-hydrogen) atoms. The quantitative estimate of drug-likeness (QED) is 0.586. The van der Waals surface area contributed by atoms with Crippen molar-refractivity contribution in [2.24, 2.45) is 0 Å². The summed E-state index contributed by atoms with van der Waals surface area (Å²) in [4.78, 5) is 36.5. The normalized spacial score (nSPS) is 14.4. The zero-order valence-corrected chi connectivity index (χ0v) is 12.9. The van der Waals surface area contributed by atoms with Gasteiger partial charge in [-0.3, -0.25) is 14.5 Å². The highest BCUT2D eigenvalue weighted by atomic mass is 35.5. The average Bonchev–Trinajstić information content (AvgIpc) is 3.00. The monoisotopic (exact) mass is 329 g/mol. The lowest BCUT2D eigenvalue weighted by atomic mass is 10.2. The zero-order valence-electron chi connectivity index (χ0n) is 11.4. The SMILES string of the molecule is O=C(CCc1ccc(Cl)s1)NCCCN1C(=O)CNC1=O. The zero-order chi connectivity index (χ0) is 15.2. The fourth-order valence-electron chi connectivity index (χ4n) is 1.96. The minimum absolute atomic E-state index is 0.0447. The van der Waals surface area contributed by atoms with E-state index in [1.807, 2.05) is 12.1 Å². The van der Waals surface area contributed by atoms with E-state index >= 15 is 0 Å². The Balaban J connectivity index is 1.59. The molecule has 0 aliphatic carbocycles. The van der Waals surface area contributed by atoms with Gasteiger partial charge in [-0.1, -0.05) is 11.6 Å². The molecule has 2 heterocycles. The van der Waals surface area contributed by atoms with Gasteiger partial charge in [-0.05, 0) is 25.0 Å². The smallest absolute Gasteiger partial charge is 0.324 e. The Morgan fingerprint density at radius 1 is 1.43 bits per heavy atom. The van der Waals surface area contributed by atoms with Gasteiger partial charge in [-0.15, -0.1) is 11.3 Å². The van der Waals surface area contributed by atoms with Crippen molar-refractivity contribution >= 4 is 40.8 Å². The number of carbonyl (C=O) groups excluding carboxylic acids is 3. The van der Waals surface area contributed by atoms with Crippen molar-refractivity contribution in [3.05, 3.63) is 21.3 Å². The van der Waals surface area contributed by atoms with Gasteiger partial charge in [0.05, 0.1) is 10.9 Å². The van der Waals surface area contributed by atoms with E-state index in [1.54, 1.807) is 0 Å². The molecule has 0 unspecified atom stereocenters. The number of aryl methyl sites for hydroxylation is 1. The highest BCUT2D eigenvalue weighted by Gasteiger charge is 2.27. The number of urea groups is 1. The standard InChI is InChI=1S/C13H16ClN3O3S/c14-10-4-2-9(21-10)3-5-11(18)15-6-1-7-17-12(19)8-16-13(17)20/h2,4H,1,3,5-8H2,(H,15,18)(H,16,20). The average molecular weight is 330 g/mol. The Morgan fingerprint density at radius 2 is 2.24 bits per heavy atom. The van der Waals surface area contributed by atoms with Crippen molar-refractivity contribution in [1.82, 2.24) is 15.5 Å². The minimum atomic E-state index is -0.360. The Bertz CT molecular complexity index is 531. The summed E-state index contributed by atoms with van der Waals surface area (Å²) in [7, 11) is 0. The van der Waals surface area contributed by atoms with E-state index in [0.717, 1.165) is 9.21 Å². The molecule has 1 saturated heterocycles. The van der Waals surface area contributed by atoms with Crippen LogP contribution in [0.25, 0.3) is 0 Å². The summed E-state index contributed by atoms with van der Waals surface area (Å²) in [6.45, 7) is 0.834. The molecule has 0 atom stereocenters. The second-order valence-corrected chi connectivity index (χ2v) is 6.41. The van der Waals surface area contributed by atoms with Gasteiger partial charge in [-0.25, -0.2) is 4.79 Å². The number of imide groups is 1. The van der Waals surface area contributed by atoms with Crippen molar-refractivity contribution in [3.63, 3.8) is 0 Å². The summed E-state index contributed by atoms with van der Waals surface area (Å²) in [6, 6.07) is 3.37. The lowest BCUT2D eigenvalue weighted by molar-refractivity contribution is -0.125. The summed E-state index contributed by atoms with van der Waals surface area (Å²) in [5.41, 5.74) is 0. The maximum atomic E-state index is 11.6. The maximum Gasteiger partial charge on any atom is 0.324 e. The second kappa shape index (κ2) is 7.42. The molecule has 2 rings (SSSR count). The molecule has 1 aromatic rings. The van der Waals surface area contributed by atoms with Crippen molar-refractivity contribution < 1.29 is 14.4 Å². The van der Waals surface area contributed by atoms with Gasteiger partial charge in [0.1, 0.15) is 0 Å². The molecule has 0 radical (unpaired) electrons. The van der Waals surface area contributed by atoms with Crippen LogP contribution in [0.5, 0.6) is 0 Å². The first-order valence-corrected chi connectivity index (χ1v) is 7.85. The van der Waals surface area contributed by atoms with Crippen molar-refractivity contribution in [1.29, 1.82) is 0 Å². The number of carbonyl (C=O) groups is 3. The van der Waals surface area contributed by atoms with Crippen LogP contribution in [-0.4, -0.2) is 42.4 Å². The number of hydrogen-bond acceptors (Lipinski definition) is 4. The lowest BCUT2D eigenvalue weighted by Gasteiger charge is -2.12. The molecule has 8 heteroatoms. The number of rotatable bonds is 7. The first-order valence-electron chi connectivity index (χ1n) is 6.65. The van der Waals surface area contributed by atoms with Crippen LogP contribution >= 0.6 is 22.9 Å². The van der Waals surface area contributed by atoms with Gasteiger partial charge < -0.3 is 10.6 Å². The van der Waals surface area contributed by atoms with Crippen LogP contribution in [-0.2, 0) is 16.0 Å². The van der Waals surface area contributed by atoms with Crippen LogP contribution in [0.3, 0.4) is 0 Å². The topological polar surface area (TPSA) is 78.5 Å². The fourth-order valence-corrected chi connectivity index (χ4v) is 3.04. The first kappa shape index (κ1) is 15.8. The number of amides is 4. The van der Waals surface area contributed by atoms with Gasteiger partial charge >= 0.3 is 6.03 Å². The summed E-state index contributed by atoms with van der Waals surface area (Å²) < 4.78 is 0.721. The summed E-state index contributed by atoms with van der Waals surface area (Å²) in [5.74, 6) is -0.266. The van der Waals surface area contributed by atoms with Crippen LogP contribution in [0.15, 0.2) is 12.1 Å². The Kier molecular flexibility index (Phi) is 5.58. The largest absolute Gasteiger partial charge is 0.356 e. The van der Waals surface area contributed by atoms with E-state index in [0.29, 0.717) is 32.4 Å². The van der Waals surface area contributed by atoms with E-state index in [2.05, 4.69) is 10.6 Å². The van der Waals surface area contributed by atoms with Crippen LogP contribution in [0.1, 0.15) is 17.7 Å². The van der Waals surface area contributed by atoms with Gasteiger partial charge in [0.25, 0.3) is 0 Å². The maximum absolute atomic E-state index is 11.6. The van der Waals surface area contributed by atoms with Crippen molar-refractivity contribution in [2.75, 3.05) is 19.6 Å². The molecular weight excluding hydrogens is 314 g/mol. The van der Waals surface area contributed by atoms with Crippen LogP contribution in [0.4, 0.5) is 4.79 Å². The summed E-state index contributed by atoms with van der Waals surface area (Å²) >= 11 is 7.29. The molecule has 0 aromatic carbocycles. The summed E-state index contributed by atoms with van der Waals surface area (Å²) in [5, 5.41) is 5.23. The molecule has 4 amide bonds. The van der Waals surface area contributed by atoms with E-state index in [9.17, 15) is 14.4 Å². The van der Waals surface area contributed by atoms with Gasteiger partial charge in [-0.2, -0.15) is 0 Å². The second-order valence-electron chi connectivity index (χ2n) is 4.61. The predicted octanol–water partition coefficient (Wildman–Crippen LogP) is 1.39. The number of nitrogens with one attached hydrogen (secondary N) is 2. The number of nitrogens with zero attached hydrogens (tertiary/aromatic N) is 1. The molecule has 1 aliphatic heterocycles. The molecular formula is C13H16ClN3O3S. The Hall–Kier alpha value is -1.60. The number of halogens is 1. The molecule has 1 fully saturated rings. The van der Waals surface area contributed by atoms with Crippen LogP contribution in [0.2, 0.25) is 4.34 Å². The summed E-state index contributed by atoms with van der Waals surface area (Å²) in [6.07, 6.45) is 1.62. The number of thiophene rings is 1. The van der Waals surface area contributed by atoms with E-state index < -0.39 is 0 Å². The molecule has 2 N–H and O–H groups in total. The molecule has 1 aromatic heterocycles. The van der Waals surface area contributed by atoms with Gasteiger partial charge in [0.2, 0.25) is 11.8 Å². The van der Waals surface area contributed by atoms with E-state index in [1.165, 1.54) is 16.2 Å². The third kappa shape index (κ3) is 4.71. The third-order valence-corrected chi connectivity index (χ3v) is 4.34. The third-order valence-electron chi connectivity index (χ3n) is 3.05. The molecule has 1 aliphatic rings. The molecule has 114 valence electrons. The molecule has 6 nitrogen and oxygen atoms in total. The highest BCUT2D eigenvalue weighted by molar-refractivity contribution is 7.16. The first-order chi connectivity index (χ1) is 10.1. The molecule has 0 bridgehead atoms. The fraction of sp³-hybridized carbons (Fsp3) is 0.462. The molecule has 0 saturated carbocycles. The van der Waals surface area contributed by atoms with Gasteiger partial charge in [0, 0.05) is 24.4 Å². The van der Waals surface area contributed by atoms with Crippen molar-refractivity contribution in [3.8, 4) is 0 Å². The lowest BCUT2D eigenvalue weighted by Crippen LogP contribution is -2.34. The predicted molar refractivity (Wildman–Crippen MR) is 80.4 cm³/mol. The Labute approximate surface area is 131 Å².